The van der Waals surface area contributed by atoms with Gasteiger partial charge in [0.2, 0.25) is 0 Å². The van der Waals surface area contributed by atoms with E-state index in [4.69, 9.17) is 4.42 Å². The maximum Gasteiger partial charge on any atom is 0.273 e. The molecule has 1 heterocycles. The molecule has 2 aromatic rings. The van der Waals surface area contributed by atoms with E-state index in [0.717, 1.165) is 0 Å². The average molecular weight is 261 g/mol. The van der Waals surface area contributed by atoms with Gasteiger partial charge in [0.25, 0.3) is 5.69 Å². The van der Waals surface area contributed by atoms with Crippen LogP contribution < -0.4 is 0 Å². The van der Waals surface area contributed by atoms with Crippen molar-refractivity contribution < 1.29 is 14.4 Å². The Hall–Kier alpha value is -2.14. The summed E-state index contributed by atoms with van der Waals surface area (Å²) in [6.45, 7) is 3.54. The van der Waals surface area contributed by atoms with Gasteiger partial charge < -0.3 is 9.52 Å². The monoisotopic (exact) mass is 261 g/mol. The van der Waals surface area contributed by atoms with E-state index in [1.54, 1.807) is 31.2 Å². The molecule has 100 valence electrons. The van der Waals surface area contributed by atoms with E-state index in [1.807, 2.05) is 6.92 Å². The molecule has 19 heavy (non-hydrogen) atoms. The van der Waals surface area contributed by atoms with Gasteiger partial charge in [0.15, 0.2) is 0 Å². The molecule has 0 spiro atoms. The predicted octanol–water partition coefficient (Wildman–Crippen LogP) is 3.61. The van der Waals surface area contributed by atoms with Gasteiger partial charge in [-0.1, -0.05) is 19.1 Å². The van der Waals surface area contributed by atoms with Gasteiger partial charge in [0.1, 0.15) is 17.6 Å². The second-order valence-corrected chi connectivity index (χ2v) is 4.33. The standard InChI is InChI=1S/C14H15NO4/c1-3-12(16)14-8-7-13(19-14)10-5-4-6-11(9(10)2)15(17)18/h4-8,12,16H,3H2,1-2H3. The topological polar surface area (TPSA) is 76.5 Å². The van der Waals surface area contributed by atoms with Crippen molar-refractivity contribution in [3.63, 3.8) is 0 Å². The first-order valence-corrected chi connectivity index (χ1v) is 6.06. The highest BCUT2D eigenvalue weighted by Crippen LogP contribution is 2.32. The molecule has 1 aromatic heterocycles. The maximum atomic E-state index is 10.9. The fraction of sp³-hybridized carbons (Fsp3) is 0.286. The van der Waals surface area contributed by atoms with Crippen LogP contribution in [0.4, 0.5) is 5.69 Å². The Labute approximate surface area is 110 Å². The molecular formula is C14H15NO4. The number of nitro benzene ring substituents is 1. The highest BCUT2D eigenvalue weighted by molar-refractivity contribution is 5.67. The third-order valence-electron chi connectivity index (χ3n) is 3.11. The van der Waals surface area contributed by atoms with E-state index in [9.17, 15) is 15.2 Å². The fourth-order valence-corrected chi connectivity index (χ4v) is 1.97. The van der Waals surface area contributed by atoms with E-state index >= 15 is 0 Å². The summed E-state index contributed by atoms with van der Waals surface area (Å²) in [6, 6.07) is 8.27. The minimum atomic E-state index is -0.646. The maximum absolute atomic E-state index is 10.9. The van der Waals surface area contributed by atoms with Crippen molar-refractivity contribution in [2.45, 2.75) is 26.4 Å². The van der Waals surface area contributed by atoms with Crippen molar-refractivity contribution >= 4 is 5.69 Å². The van der Waals surface area contributed by atoms with Crippen molar-refractivity contribution in [2.24, 2.45) is 0 Å². The number of benzene rings is 1. The highest BCUT2D eigenvalue weighted by Gasteiger charge is 2.17. The van der Waals surface area contributed by atoms with Crippen LogP contribution >= 0.6 is 0 Å². The van der Waals surface area contributed by atoms with Crippen LogP contribution in [-0.4, -0.2) is 10.0 Å². The molecule has 1 atom stereocenters. The number of hydrogen-bond donors (Lipinski definition) is 1. The summed E-state index contributed by atoms with van der Waals surface area (Å²) in [4.78, 5) is 10.5. The van der Waals surface area contributed by atoms with Crippen LogP contribution in [0.1, 0.15) is 30.8 Å². The van der Waals surface area contributed by atoms with Crippen LogP contribution in [0.2, 0.25) is 0 Å². The van der Waals surface area contributed by atoms with Gasteiger partial charge in [-0.2, -0.15) is 0 Å². The molecule has 0 aliphatic carbocycles. The van der Waals surface area contributed by atoms with Crippen LogP contribution in [0.25, 0.3) is 11.3 Å². The van der Waals surface area contributed by atoms with Gasteiger partial charge in [0.05, 0.1) is 4.92 Å². The minimum Gasteiger partial charge on any atom is -0.458 e. The largest absolute Gasteiger partial charge is 0.458 e. The SMILES string of the molecule is CCC(O)c1ccc(-c2cccc([N+](=O)[O-])c2C)o1. The molecule has 5 nitrogen and oxygen atoms in total. The van der Waals surface area contributed by atoms with Gasteiger partial charge in [-0.25, -0.2) is 0 Å². The summed E-state index contributed by atoms with van der Waals surface area (Å²) in [7, 11) is 0. The van der Waals surface area contributed by atoms with Crippen molar-refractivity contribution in [2.75, 3.05) is 0 Å². The number of nitrogens with zero attached hydrogens (tertiary/aromatic N) is 1. The molecule has 0 amide bonds. The number of hydrogen-bond acceptors (Lipinski definition) is 4. The number of aliphatic hydroxyl groups excluding tert-OH is 1. The van der Waals surface area contributed by atoms with Crippen molar-refractivity contribution in [1.29, 1.82) is 0 Å². The Morgan fingerprint density at radius 2 is 2.11 bits per heavy atom. The van der Waals surface area contributed by atoms with Crippen LogP contribution in [0.5, 0.6) is 0 Å². The smallest absolute Gasteiger partial charge is 0.273 e. The Bertz CT molecular complexity index is 603. The molecule has 1 unspecified atom stereocenters. The third-order valence-corrected chi connectivity index (χ3v) is 3.11. The van der Waals surface area contributed by atoms with Crippen LogP contribution in [0.3, 0.4) is 0 Å². The first kappa shape index (κ1) is 13.3. The molecule has 0 saturated carbocycles. The first-order valence-electron chi connectivity index (χ1n) is 6.06. The lowest BCUT2D eigenvalue weighted by Crippen LogP contribution is -1.93. The minimum absolute atomic E-state index is 0.0616. The van der Waals surface area contributed by atoms with Gasteiger partial charge >= 0.3 is 0 Å². The van der Waals surface area contributed by atoms with Crippen molar-refractivity contribution in [1.82, 2.24) is 0 Å². The zero-order chi connectivity index (χ0) is 14.0. The highest BCUT2D eigenvalue weighted by atomic mass is 16.6. The summed E-state index contributed by atoms with van der Waals surface area (Å²) < 4.78 is 5.57. The number of rotatable bonds is 4. The molecule has 0 fully saturated rings. The molecule has 0 aliphatic heterocycles. The van der Waals surface area contributed by atoms with Crippen molar-refractivity contribution in [3.8, 4) is 11.3 Å². The molecule has 0 radical (unpaired) electrons. The molecular weight excluding hydrogens is 246 g/mol. The summed E-state index contributed by atoms with van der Waals surface area (Å²) in [5.74, 6) is 1.01. The van der Waals surface area contributed by atoms with Crippen LogP contribution in [0, 0.1) is 17.0 Å². The molecule has 1 aromatic carbocycles. The Kier molecular flexibility index (Phi) is 3.66. The van der Waals surface area contributed by atoms with Crippen LogP contribution in [-0.2, 0) is 0 Å². The summed E-state index contributed by atoms with van der Waals surface area (Å²) in [5, 5.41) is 20.6. The third kappa shape index (κ3) is 2.51. The van der Waals surface area contributed by atoms with Gasteiger partial charge in [-0.3, -0.25) is 10.1 Å². The number of nitro groups is 1. The summed E-state index contributed by atoms with van der Waals surface area (Å²) >= 11 is 0. The Morgan fingerprint density at radius 3 is 2.74 bits per heavy atom. The number of furan rings is 1. The Morgan fingerprint density at radius 1 is 1.37 bits per heavy atom. The lowest BCUT2D eigenvalue weighted by atomic mass is 10.1. The van der Waals surface area contributed by atoms with E-state index < -0.39 is 11.0 Å². The second-order valence-electron chi connectivity index (χ2n) is 4.33. The molecule has 5 heteroatoms. The van der Waals surface area contributed by atoms with E-state index in [2.05, 4.69) is 0 Å². The number of aliphatic hydroxyl groups is 1. The molecule has 0 aliphatic rings. The van der Waals surface area contributed by atoms with Gasteiger partial charge in [-0.15, -0.1) is 0 Å². The normalized spacial score (nSPS) is 12.4. The molecule has 1 N–H and O–H groups in total. The average Bonchev–Trinajstić information content (AvgIpc) is 2.87. The lowest BCUT2D eigenvalue weighted by molar-refractivity contribution is -0.385. The van der Waals surface area contributed by atoms with E-state index in [1.165, 1.54) is 6.07 Å². The van der Waals surface area contributed by atoms with E-state index in [-0.39, 0.29) is 5.69 Å². The van der Waals surface area contributed by atoms with E-state index in [0.29, 0.717) is 29.1 Å². The van der Waals surface area contributed by atoms with Gasteiger partial charge in [0, 0.05) is 17.2 Å². The van der Waals surface area contributed by atoms with Crippen LogP contribution in [0.15, 0.2) is 34.7 Å². The molecule has 2 rings (SSSR count). The first-order chi connectivity index (χ1) is 9.04. The quantitative estimate of drug-likeness (QED) is 0.673. The summed E-state index contributed by atoms with van der Waals surface area (Å²) in [5.41, 5.74) is 1.29. The fourth-order valence-electron chi connectivity index (χ4n) is 1.97. The Balaban J connectivity index is 2.45. The lowest BCUT2D eigenvalue weighted by Gasteiger charge is -2.05. The zero-order valence-electron chi connectivity index (χ0n) is 10.8. The molecule has 0 saturated heterocycles. The van der Waals surface area contributed by atoms with Crippen molar-refractivity contribution in [3.05, 3.63) is 51.8 Å². The second kappa shape index (κ2) is 5.24. The van der Waals surface area contributed by atoms with Gasteiger partial charge in [-0.05, 0) is 25.5 Å². The zero-order valence-corrected chi connectivity index (χ0v) is 10.8. The predicted molar refractivity (Wildman–Crippen MR) is 70.8 cm³/mol. The summed E-state index contributed by atoms with van der Waals surface area (Å²) in [6.07, 6.45) is -0.0892. The molecule has 0 bridgehead atoms.